The highest BCUT2D eigenvalue weighted by Crippen LogP contribution is 2.18. The van der Waals surface area contributed by atoms with Gasteiger partial charge in [0.1, 0.15) is 0 Å². The Morgan fingerprint density at radius 1 is 1.11 bits per heavy atom. The summed E-state index contributed by atoms with van der Waals surface area (Å²) >= 11 is 0. The third-order valence-electron chi connectivity index (χ3n) is 3.31. The van der Waals surface area contributed by atoms with Gasteiger partial charge in [0.25, 0.3) is 0 Å². The lowest BCUT2D eigenvalue weighted by molar-refractivity contribution is -0.137. The monoisotopic (exact) mass is 266 g/mol. The first-order valence-electron chi connectivity index (χ1n) is 7.39. The maximum Gasteiger partial charge on any atom is 0.331 e. The number of allylic oxidation sites excluding steroid dienone is 3. The van der Waals surface area contributed by atoms with Crippen molar-refractivity contribution in [3.63, 3.8) is 0 Å². The predicted octanol–water partition coefficient (Wildman–Crippen LogP) is 4.90. The van der Waals surface area contributed by atoms with Gasteiger partial charge in [-0.1, -0.05) is 45.3 Å². The predicted molar refractivity (Wildman–Crippen MR) is 82.0 cm³/mol. The minimum atomic E-state index is -0.249. The highest BCUT2D eigenvalue weighted by Gasteiger charge is 2.04. The van der Waals surface area contributed by atoms with E-state index in [9.17, 15) is 4.79 Å². The molecule has 0 spiro atoms. The van der Waals surface area contributed by atoms with Crippen LogP contribution in [0.2, 0.25) is 0 Å². The van der Waals surface area contributed by atoms with E-state index in [-0.39, 0.29) is 5.97 Å². The minimum Gasteiger partial charge on any atom is -0.463 e. The highest BCUT2D eigenvalue weighted by atomic mass is 16.5. The lowest BCUT2D eigenvalue weighted by Crippen LogP contribution is -2.01. The maximum atomic E-state index is 11.3. The number of carbonyl (C=O) groups excluding carboxylic acids is 1. The molecule has 0 radical (unpaired) electrons. The number of rotatable bonds is 8. The zero-order valence-electron chi connectivity index (χ0n) is 13.5. The molecule has 0 amide bonds. The van der Waals surface area contributed by atoms with Crippen molar-refractivity contribution >= 4 is 5.97 Å². The van der Waals surface area contributed by atoms with Crippen LogP contribution in [0, 0.1) is 11.8 Å². The Bertz CT molecular complexity index is 324. The van der Waals surface area contributed by atoms with Gasteiger partial charge in [-0.05, 0) is 44.6 Å². The molecule has 0 aromatic rings. The molecule has 0 aliphatic carbocycles. The Balaban J connectivity index is 4.28. The van der Waals surface area contributed by atoms with Crippen molar-refractivity contribution in [3.05, 3.63) is 23.3 Å². The van der Waals surface area contributed by atoms with Crippen molar-refractivity contribution in [2.75, 3.05) is 6.61 Å². The molecule has 2 heteroatoms. The SMILES string of the molecule is CCOC(=O)C=C(C)C(C)=CCC(C)CCC(C)C. The molecule has 0 bridgehead atoms. The molecular weight excluding hydrogens is 236 g/mol. The molecule has 0 rings (SSSR count). The molecule has 2 nitrogen and oxygen atoms in total. The van der Waals surface area contributed by atoms with Gasteiger partial charge in [0, 0.05) is 6.08 Å². The molecule has 0 fully saturated rings. The summed E-state index contributed by atoms with van der Waals surface area (Å²) < 4.78 is 4.91. The molecule has 1 atom stereocenters. The first kappa shape index (κ1) is 17.9. The minimum absolute atomic E-state index is 0.249. The lowest BCUT2D eigenvalue weighted by Gasteiger charge is -2.11. The summed E-state index contributed by atoms with van der Waals surface area (Å²) in [5, 5.41) is 0. The standard InChI is InChI=1S/C17H30O2/c1-7-19-17(18)12-16(6)15(5)11-10-14(4)9-8-13(2)3/h11-14H,7-10H2,1-6H3. The van der Waals surface area contributed by atoms with E-state index in [0.29, 0.717) is 12.5 Å². The van der Waals surface area contributed by atoms with E-state index in [4.69, 9.17) is 4.74 Å². The van der Waals surface area contributed by atoms with Gasteiger partial charge in [-0.15, -0.1) is 0 Å². The van der Waals surface area contributed by atoms with Crippen molar-refractivity contribution in [2.45, 2.75) is 60.8 Å². The van der Waals surface area contributed by atoms with Gasteiger partial charge in [-0.2, -0.15) is 0 Å². The molecule has 0 aromatic heterocycles. The molecule has 19 heavy (non-hydrogen) atoms. The second-order valence-electron chi connectivity index (χ2n) is 5.78. The van der Waals surface area contributed by atoms with Crippen LogP contribution in [-0.2, 0) is 9.53 Å². The van der Waals surface area contributed by atoms with Crippen LogP contribution in [0.1, 0.15) is 60.8 Å². The third-order valence-corrected chi connectivity index (χ3v) is 3.31. The molecule has 110 valence electrons. The number of carbonyl (C=O) groups is 1. The van der Waals surface area contributed by atoms with Crippen LogP contribution in [0.15, 0.2) is 23.3 Å². The van der Waals surface area contributed by atoms with E-state index in [1.807, 2.05) is 13.8 Å². The first-order chi connectivity index (χ1) is 8.86. The van der Waals surface area contributed by atoms with Crippen LogP contribution in [0.4, 0.5) is 0 Å². The topological polar surface area (TPSA) is 26.3 Å². The third kappa shape index (κ3) is 9.52. The molecule has 0 saturated heterocycles. The van der Waals surface area contributed by atoms with Crippen molar-refractivity contribution < 1.29 is 9.53 Å². The fourth-order valence-corrected chi connectivity index (χ4v) is 1.75. The molecule has 0 saturated carbocycles. The van der Waals surface area contributed by atoms with Crippen LogP contribution < -0.4 is 0 Å². The molecule has 1 unspecified atom stereocenters. The first-order valence-corrected chi connectivity index (χ1v) is 7.39. The van der Waals surface area contributed by atoms with E-state index in [2.05, 4.69) is 33.8 Å². The number of esters is 1. The number of hydrogen-bond acceptors (Lipinski definition) is 2. The Morgan fingerprint density at radius 2 is 1.74 bits per heavy atom. The number of hydrogen-bond donors (Lipinski definition) is 0. The Morgan fingerprint density at radius 3 is 2.26 bits per heavy atom. The van der Waals surface area contributed by atoms with Crippen LogP contribution in [0.3, 0.4) is 0 Å². The fourth-order valence-electron chi connectivity index (χ4n) is 1.75. The molecule has 0 N–H and O–H groups in total. The molecule has 0 heterocycles. The molecular formula is C17H30O2. The van der Waals surface area contributed by atoms with Crippen molar-refractivity contribution in [1.82, 2.24) is 0 Å². The van der Waals surface area contributed by atoms with Gasteiger partial charge in [0.15, 0.2) is 0 Å². The molecule has 0 aliphatic heterocycles. The van der Waals surface area contributed by atoms with Crippen LogP contribution >= 0.6 is 0 Å². The van der Waals surface area contributed by atoms with Crippen LogP contribution in [0.5, 0.6) is 0 Å². The largest absolute Gasteiger partial charge is 0.463 e. The van der Waals surface area contributed by atoms with Gasteiger partial charge in [0.05, 0.1) is 6.61 Å². The summed E-state index contributed by atoms with van der Waals surface area (Å²) in [7, 11) is 0. The lowest BCUT2D eigenvalue weighted by atomic mass is 9.95. The Kier molecular flexibility index (Phi) is 9.28. The smallest absolute Gasteiger partial charge is 0.331 e. The number of ether oxygens (including phenoxy) is 1. The van der Waals surface area contributed by atoms with Crippen LogP contribution in [-0.4, -0.2) is 12.6 Å². The van der Waals surface area contributed by atoms with Gasteiger partial charge in [0.2, 0.25) is 0 Å². The summed E-state index contributed by atoms with van der Waals surface area (Å²) in [5.41, 5.74) is 2.17. The zero-order valence-corrected chi connectivity index (χ0v) is 13.5. The summed E-state index contributed by atoms with van der Waals surface area (Å²) in [6, 6.07) is 0. The second-order valence-corrected chi connectivity index (χ2v) is 5.78. The molecule has 0 aromatic carbocycles. The fraction of sp³-hybridized carbons (Fsp3) is 0.706. The highest BCUT2D eigenvalue weighted by molar-refractivity contribution is 5.83. The zero-order chi connectivity index (χ0) is 14.8. The van der Waals surface area contributed by atoms with Gasteiger partial charge >= 0.3 is 5.97 Å². The summed E-state index contributed by atoms with van der Waals surface area (Å²) in [4.78, 5) is 11.3. The van der Waals surface area contributed by atoms with Crippen LogP contribution in [0.25, 0.3) is 0 Å². The quantitative estimate of drug-likeness (QED) is 0.354. The van der Waals surface area contributed by atoms with E-state index in [1.165, 1.54) is 18.4 Å². The average molecular weight is 266 g/mol. The summed E-state index contributed by atoms with van der Waals surface area (Å²) in [6.07, 6.45) is 7.44. The summed E-state index contributed by atoms with van der Waals surface area (Å²) in [5.74, 6) is 1.23. The second kappa shape index (κ2) is 9.82. The van der Waals surface area contributed by atoms with Gasteiger partial charge in [-0.25, -0.2) is 4.79 Å². The molecule has 0 aliphatic rings. The van der Waals surface area contributed by atoms with E-state index >= 15 is 0 Å². The normalized spacial score (nSPS) is 14.7. The van der Waals surface area contributed by atoms with Gasteiger partial charge < -0.3 is 4.74 Å². The van der Waals surface area contributed by atoms with Gasteiger partial charge in [-0.3, -0.25) is 0 Å². The summed E-state index contributed by atoms with van der Waals surface area (Å²) in [6.45, 7) is 13.1. The van der Waals surface area contributed by atoms with E-state index in [1.54, 1.807) is 6.08 Å². The van der Waals surface area contributed by atoms with E-state index in [0.717, 1.165) is 17.9 Å². The van der Waals surface area contributed by atoms with E-state index < -0.39 is 0 Å². The maximum absolute atomic E-state index is 11.3. The van der Waals surface area contributed by atoms with Crippen molar-refractivity contribution in [2.24, 2.45) is 11.8 Å². The van der Waals surface area contributed by atoms with Crippen molar-refractivity contribution in [3.8, 4) is 0 Å². The van der Waals surface area contributed by atoms with Crippen molar-refractivity contribution in [1.29, 1.82) is 0 Å². The Labute approximate surface area is 118 Å². The Hall–Kier alpha value is -1.05. The average Bonchev–Trinajstić information content (AvgIpc) is 2.33.